The summed E-state index contributed by atoms with van der Waals surface area (Å²) in [6.45, 7) is 3.93. The normalized spacial score (nSPS) is 11.9. The van der Waals surface area contributed by atoms with Crippen molar-refractivity contribution < 1.29 is 19.2 Å². The third-order valence-electron chi connectivity index (χ3n) is 5.07. The number of rotatable bonds is 10. The molecule has 0 spiro atoms. The first kappa shape index (κ1) is 20.8. The Hall–Kier alpha value is -2.89. The Balaban J connectivity index is 1.77. The fraction of sp³-hybridized carbons (Fsp3) is 0.292. The topological polar surface area (TPSA) is 44.9 Å². The van der Waals surface area contributed by atoms with E-state index in [0.29, 0.717) is 12.2 Å². The zero-order valence-corrected chi connectivity index (χ0v) is 17.1. The second-order valence-electron chi connectivity index (χ2n) is 7.11. The van der Waals surface area contributed by atoms with Gasteiger partial charge in [-0.1, -0.05) is 48.5 Å². The summed E-state index contributed by atoms with van der Waals surface area (Å²) in [5.41, 5.74) is 4.16. The maximum Gasteiger partial charge on any atom is 0.338 e. The number of esters is 1. The summed E-state index contributed by atoms with van der Waals surface area (Å²) in [5, 5.41) is 0. The summed E-state index contributed by atoms with van der Waals surface area (Å²) in [5.74, 6) is -0.292. The van der Waals surface area contributed by atoms with Crippen LogP contribution in [0.25, 0.3) is 0 Å². The quantitative estimate of drug-likeness (QED) is 0.539. The van der Waals surface area contributed by atoms with Crippen LogP contribution in [0.3, 0.4) is 0 Å². The number of benzene rings is 2. The van der Waals surface area contributed by atoms with Gasteiger partial charge in [0.2, 0.25) is 0 Å². The molecule has 1 atom stereocenters. The predicted molar refractivity (Wildman–Crippen MR) is 113 cm³/mol. The zero-order chi connectivity index (χ0) is 20.5. The number of quaternary nitrogens is 1. The van der Waals surface area contributed by atoms with E-state index in [1.807, 2.05) is 30.3 Å². The highest BCUT2D eigenvalue weighted by molar-refractivity contribution is 5.90. The van der Waals surface area contributed by atoms with Crippen molar-refractivity contribution >= 4 is 5.97 Å². The third kappa shape index (κ3) is 5.79. The van der Waals surface area contributed by atoms with Gasteiger partial charge in [0.1, 0.15) is 19.6 Å². The molecular formula is C24H29N2O3+. The van der Waals surface area contributed by atoms with Crippen LogP contribution in [-0.2, 0) is 29.1 Å². The van der Waals surface area contributed by atoms with Gasteiger partial charge in [-0.2, -0.15) is 0 Å². The summed E-state index contributed by atoms with van der Waals surface area (Å²) >= 11 is 0. The average molecular weight is 394 g/mol. The smallest absolute Gasteiger partial charge is 0.338 e. The number of nitrogens with zero attached hydrogens (tertiary/aromatic N) is 1. The highest BCUT2D eigenvalue weighted by atomic mass is 16.5. The Morgan fingerprint density at radius 2 is 1.69 bits per heavy atom. The minimum atomic E-state index is -0.292. The van der Waals surface area contributed by atoms with E-state index in [-0.39, 0.29) is 5.97 Å². The van der Waals surface area contributed by atoms with Crippen molar-refractivity contribution in [3.63, 3.8) is 0 Å². The average Bonchev–Trinajstić information content (AvgIpc) is 3.19. The molecule has 1 heterocycles. The van der Waals surface area contributed by atoms with Gasteiger partial charge in [-0.15, -0.1) is 0 Å². The van der Waals surface area contributed by atoms with E-state index in [9.17, 15) is 4.79 Å². The van der Waals surface area contributed by atoms with Crippen molar-refractivity contribution in [1.29, 1.82) is 0 Å². The van der Waals surface area contributed by atoms with Gasteiger partial charge in [0.15, 0.2) is 0 Å². The molecule has 1 N–H and O–H groups in total. The number of hydrogen-bond acceptors (Lipinski definition) is 3. The summed E-state index contributed by atoms with van der Waals surface area (Å²) in [6, 6.07) is 22.4. The lowest BCUT2D eigenvalue weighted by Crippen LogP contribution is -3.10. The molecule has 3 aromatic rings. The lowest BCUT2D eigenvalue weighted by atomic mass is 10.1. The summed E-state index contributed by atoms with van der Waals surface area (Å²) in [6.07, 6.45) is 2.12. The standard InChI is InChI=1S/C24H28N2O3/c1-28-16-15-25(18-21-11-6-7-13-23(21)24(27)29-2)19-22-12-8-14-26(22)17-20-9-4-3-5-10-20/h3-14H,15-19H2,1-2H3/p+1. The van der Waals surface area contributed by atoms with Gasteiger partial charge in [0.05, 0.1) is 25.0 Å². The zero-order valence-electron chi connectivity index (χ0n) is 17.1. The van der Waals surface area contributed by atoms with E-state index in [1.54, 1.807) is 7.11 Å². The molecule has 0 aliphatic rings. The lowest BCUT2D eigenvalue weighted by Gasteiger charge is -2.21. The van der Waals surface area contributed by atoms with E-state index >= 15 is 0 Å². The van der Waals surface area contributed by atoms with Gasteiger partial charge in [0.25, 0.3) is 0 Å². The summed E-state index contributed by atoms with van der Waals surface area (Å²) in [4.78, 5) is 13.5. The van der Waals surface area contributed by atoms with Crippen LogP contribution in [0.5, 0.6) is 0 Å². The molecule has 0 aliphatic carbocycles. The number of nitrogens with one attached hydrogen (secondary N) is 1. The van der Waals surface area contributed by atoms with Crippen LogP contribution in [0.1, 0.15) is 27.2 Å². The van der Waals surface area contributed by atoms with Crippen molar-refractivity contribution in [1.82, 2.24) is 4.57 Å². The number of carbonyl (C=O) groups is 1. The highest BCUT2D eigenvalue weighted by Gasteiger charge is 2.18. The summed E-state index contributed by atoms with van der Waals surface area (Å²) in [7, 11) is 3.14. The lowest BCUT2D eigenvalue weighted by molar-refractivity contribution is -0.928. The minimum absolute atomic E-state index is 0.292. The SMILES string of the molecule is COCC[NH+](Cc1ccccc1C(=O)OC)Cc1cccn1Cc1ccccc1. The second kappa shape index (κ2) is 10.6. The van der Waals surface area contributed by atoms with E-state index in [4.69, 9.17) is 9.47 Å². The first-order valence-corrected chi connectivity index (χ1v) is 9.88. The Morgan fingerprint density at radius 1 is 0.931 bits per heavy atom. The minimum Gasteiger partial charge on any atom is -0.465 e. The number of aromatic nitrogens is 1. The van der Waals surface area contributed by atoms with Crippen LogP contribution in [0.15, 0.2) is 72.9 Å². The Bertz CT molecular complexity index is 905. The Labute approximate surface area is 172 Å². The Morgan fingerprint density at radius 3 is 2.45 bits per heavy atom. The molecule has 2 aromatic carbocycles. The number of methoxy groups -OCH3 is 2. The molecule has 0 saturated carbocycles. The third-order valence-corrected chi connectivity index (χ3v) is 5.07. The maximum absolute atomic E-state index is 12.1. The largest absolute Gasteiger partial charge is 0.465 e. The molecule has 0 amide bonds. The van der Waals surface area contributed by atoms with Gasteiger partial charge < -0.3 is 18.9 Å². The van der Waals surface area contributed by atoms with Crippen molar-refractivity contribution in [3.8, 4) is 0 Å². The molecule has 0 saturated heterocycles. The molecule has 3 rings (SSSR count). The van der Waals surface area contributed by atoms with Crippen LogP contribution in [-0.4, -0.2) is 37.9 Å². The fourth-order valence-corrected chi connectivity index (χ4v) is 3.54. The van der Waals surface area contributed by atoms with Crippen LogP contribution < -0.4 is 4.90 Å². The number of ether oxygens (including phenoxy) is 2. The van der Waals surface area contributed by atoms with E-state index in [0.717, 1.165) is 31.7 Å². The molecule has 5 heteroatoms. The molecule has 1 unspecified atom stereocenters. The molecule has 152 valence electrons. The van der Waals surface area contributed by atoms with Crippen LogP contribution in [0, 0.1) is 0 Å². The van der Waals surface area contributed by atoms with Gasteiger partial charge in [0, 0.05) is 25.4 Å². The van der Waals surface area contributed by atoms with Gasteiger partial charge >= 0.3 is 5.97 Å². The van der Waals surface area contributed by atoms with Gasteiger partial charge in [-0.25, -0.2) is 4.79 Å². The van der Waals surface area contributed by atoms with Gasteiger partial charge in [-0.3, -0.25) is 0 Å². The number of hydrogen-bond donors (Lipinski definition) is 1. The van der Waals surface area contributed by atoms with Gasteiger partial charge in [-0.05, 0) is 23.8 Å². The number of carbonyl (C=O) groups excluding carboxylic acids is 1. The van der Waals surface area contributed by atoms with Crippen LogP contribution in [0.4, 0.5) is 0 Å². The first-order chi connectivity index (χ1) is 14.2. The monoisotopic (exact) mass is 393 g/mol. The van der Waals surface area contributed by atoms with E-state index in [2.05, 4.69) is 47.2 Å². The van der Waals surface area contributed by atoms with Crippen LogP contribution in [0.2, 0.25) is 0 Å². The van der Waals surface area contributed by atoms with Crippen LogP contribution >= 0.6 is 0 Å². The molecule has 29 heavy (non-hydrogen) atoms. The van der Waals surface area contributed by atoms with Crippen molar-refractivity contribution in [2.45, 2.75) is 19.6 Å². The highest BCUT2D eigenvalue weighted by Crippen LogP contribution is 2.10. The molecule has 0 bridgehead atoms. The van der Waals surface area contributed by atoms with E-state index < -0.39 is 0 Å². The summed E-state index contributed by atoms with van der Waals surface area (Å²) < 4.78 is 12.6. The molecule has 1 aromatic heterocycles. The molecule has 0 fully saturated rings. The maximum atomic E-state index is 12.1. The first-order valence-electron chi connectivity index (χ1n) is 9.88. The second-order valence-corrected chi connectivity index (χ2v) is 7.11. The predicted octanol–water partition coefficient (Wildman–Crippen LogP) is 2.55. The van der Waals surface area contributed by atoms with Crippen molar-refractivity contribution in [3.05, 3.63) is 95.3 Å². The Kier molecular flexibility index (Phi) is 7.61. The molecule has 0 aliphatic heterocycles. The molecular weight excluding hydrogens is 364 g/mol. The molecule has 0 radical (unpaired) electrons. The van der Waals surface area contributed by atoms with Crippen molar-refractivity contribution in [2.75, 3.05) is 27.4 Å². The fourth-order valence-electron chi connectivity index (χ4n) is 3.54. The molecule has 5 nitrogen and oxygen atoms in total. The van der Waals surface area contributed by atoms with E-state index in [1.165, 1.54) is 23.3 Å². The van der Waals surface area contributed by atoms with Crippen molar-refractivity contribution in [2.24, 2.45) is 0 Å².